The molecule has 0 aliphatic carbocycles. The molecule has 0 saturated carbocycles. The zero-order chi connectivity index (χ0) is 19.0. The fourth-order valence-corrected chi connectivity index (χ4v) is 1.81. The first kappa shape index (κ1) is 20.1. The summed E-state index contributed by atoms with van der Waals surface area (Å²) in [6.07, 6.45) is -1.53. The normalized spacial score (nSPS) is 12.7. The van der Waals surface area contributed by atoms with Crippen molar-refractivity contribution in [1.82, 2.24) is 0 Å². The van der Waals surface area contributed by atoms with Gasteiger partial charge in [-0.25, -0.2) is 9.59 Å². The SMILES string of the molecule is CCCOC(=O)c1ccc(OC(=O)CC(O)(CC(=O)O)C(=O)O)cc1. The molecule has 136 valence electrons. The molecule has 1 aromatic carbocycles. The molecule has 0 aromatic heterocycles. The first-order valence-corrected chi connectivity index (χ1v) is 7.33. The predicted octanol–water partition coefficient (Wildman–Crippen LogP) is 0.839. The minimum atomic E-state index is -2.77. The summed E-state index contributed by atoms with van der Waals surface area (Å²) in [6.45, 7) is 2.12. The van der Waals surface area contributed by atoms with Crippen LogP contribution in [-0.4, -0.2) is 51.4 Å². The molecular formula is C16H18O9. The third-order valence-electron chi connectivity index (χ3n) is 3.04. The van der Waals surface area contributed by atoms with E-state index in [1.54, 1.807) is 0 Å². The van der Waals surface area contributed by atoms with Crippen LogP contribution in [0.15, 0.2) is 24.3 Å². The van der Waals surface area contributed by atoms with Gasteiger partial charge >= 0.3 is 23.9 Å². The van der Waals surface area contributed by atoms with E-state index in [0.717, 1.165) is 0 Å². The van der Waals surface area contributed by atoms with Crippen LogP contribution in [0.5, 0.6) is 5.75 Å². The maximum atomic E-state index is 11.7. The maximum absolute atomic E-state index is 11.7. The highest BCUT2D eigenvalue weighted by molar-refractivity contribution is 5.90. The molecule has 0 bridgehead atoms. The molecule has 3 N–H and O–H groups in total. The minimum absolute atomic E-state index is 0.0000975. The Hall–Kier alpha value is -2.94. The molecule has 0 amide bonds. The van der Waals surface area contributed by atoms with E-state index in [0.29, 0.717) is 6.42 Å². The number of aliphatic carboxylic acids is 2. The molecule has 9 heteroatoms. The number of ether oxygens (including phenoxy) is 2. The van der Waals surface area contributed by atoms with Crippen molar-refractivity contribution in [3.05, 3.63) is 29.8 Å². The van der Waals surface area contributed by atoms with Crippen LogP contribution in [0, 0.1) is 0 Å². The average molecular weight is 354 g/mol. The van der Waals surface area contributed by atoms with E-state index in [4.69, 9.17) is 19.7 Å². The second-order valence-corrected chi connectivity index (χ2v) is 5.22. The largest absolute Gasteiger partial charge is 0.481 e. The number of carboxylic acid groups (broad SMARTS) is 2. The lowest BCUT2D eigenvalue weighted by Gasteiger charge is -2.20. The summed E-state index contributed by atoms with van der Waals surface area (Å²) in [6, 6.07) is 5.28. The van der Waals surface area contributed by atoms with Crippen molar-refractivity contribution in [2.45, 2.75) is 31.8 Å². The predicted molar refractivity (Wildman–Crippen MR) is 82.1 cm³/mol. The number of carboxylic acids is 2. The van der Waals surface area contributed by atoms with E-state index in [2.05, 4.69) is 0 Å². The van der Waals surface area contributed by atoms with E-state index in [1.165, 1.54) is 24.3 Å². The van der Waals surface area contributed by atoms with Crippen molar-refractivity contribution in [3.8, 4) is 5.75 Å². The Kier molecular flexibility index (Phi) is 7.06. The second kappa shape index (κ2) is 8.78. The Labute approximate surface area is 142 Å². The van der Waals surface area contributed by atoms with Gasteiger partial charge in [0.2, 0.25) is 0 Å². The average Bonchev–Trinajstić information content (AvgIpc) is 2.52. The highest BCUT2D eigenvalue weighted by Crippen LogP contribution is 2.19. The van der Waals surface area contributed by atoms with Gasteiger partial charge in [-0.15, -0.1) is 0 Å². The van der Waals surface area contributed by atoms with Crippen molar-refractivity contribution in [3.63, 3.8) is 0 Å². The van der Waals surface area contributed by atoms with Gasteiger partial charge in [-0.3, -0.25) is 9.59 Å². The Morgan fingerprint density at radius 1 is 1.04 bits per heavy atom. The smallest absolute Gasteiger partial charge is 0.338 e. The fourth-order valence-electron chi connectivity index (χ4n) is 1.81. The van der Waals surface area contributed by atoms with Crippen molar-refractivity contribution in [2.24, 2.45) is 0 Å². The molecule has 25 heavy (non-hydrogen) atoms. The third kappa shape index (κ3) is 6.22. The van der Waals surface area contributed by atoms with Crippen LogP contribution in [0.4, 0.5) is 0 Å². The molecule has 1 unspecified atom stereocenters. The van der Waals surface area contributed by atoms with E-state index < -0.39 is 42.3 Å². The van der Waals surface area contributed by atoms with E-state index in [9.17, 15) is 24.3 Å². The van der Waals surface area contributed by atoms with Gasteiger partial charge in [-0.2, -0.15) is 0 Å². The van der Waals surface area contributed by atoms with Gasteiger partial charge in [0.25, 0.3) is 0 Å². The number of benzene rings is 1. The number of hydrogen-bond donors (Lipinski definition) is 3. The third-order valence-corrected chi connectivity index (χ3v) is 3.04. The van der Waals surface area contributed by atoms with Gasteiger partial charge in [-0.1, -0.05) is 6.92 Å². The van der Waals surface area contributed by atoms with Crippen LogP contribution >= 0.6 is 0 Å². The summed E-state index contributed by atoms with van der Waals surface area (Å²) in [5, 5.41) is 27.3. The first-order valence-electron chi connectivity index (χ1n) is 7.33. The summed E-state index contributed by atoms with van der Waals surface area (Å²) >= 11 is 0. The summed E-state index contributed by atoms with van der Waals surface area (Å²) in [5.74, 6) is -5.09. The highest BCUT2D eigenvalue weighted by atomic mass is 16.5. The van der Waals surface area contributed by atoms with Gasteiger partial charge in [0.1, 0.15) is 5.75 Å². The van der Waals surface area contributed by atoms with Crippen LogP contribution in [0.2, 0.25) is 0 Å². The Balaban J connectivity index is 2.72. The molecule has 0 heterocycles. The fraction of sp³-hybridized carbons (Fsp3) is 0.375. The molecule has 1 aromatic rings. The highest BCUT2D eigenvalue weighted by Gasteiger charge is 2.41. The van der Waals surface area contributed by atoms with Crippen LogP contribution in [0.1, 0.15) is 36.5 Å². The molecule has 0 saturated heterocycles. The molecule has 0 aliphatic rings. The molecule has 0 radical (unpaired) electrons. The van der Waals surface area contributed by atoms with E-state index in [1.807, 2.05) is 6.92 Å². The van der Waals surface area contributed by atoms with Crippen molar-refractivity contribution in [2.75, 3.05) is 6.61 Å². The number of hydrogen-bond acceptors (Lipinski definition) is 7. The molecule has 0 aliphatic heterocycles. The van der Waals surface area contributed by atoms with Crippen LogP contribution in [0.3, 0.4) is 0 Å². The maximum Gasteiger partial charge on any atom is 0.338 e. The standard InChI is InChI=1S/C16H18O9/c1-2-7-24-14(20)10-3-5-11(6-4-10)25-13(19)9-16(23,15(21)22)8-12(17)18/h3-6,23H,2,7-9H2,1H3,(H,17,18)(H,21,22). The molecule has 0 spiro atoms. The van der Waals surface area contributed by atoms with Crippen LogP contribution < -0.4 is 4.74 Å². The van der Waals surface area contributed by atoms with Gasteiger partial charge in [0, 0.05) is 0 Å². The van der Waals surface area contributed by atoms with Gasteiger partial charge in [0.15, 0.2) is 5.60 Å². The monoisotopic (exact) mass is 354 g/mol. The number of carbonyl (C=O) groups excluding carboxylic acids is 2. The van der Waals surface area contributed by atoms with Crippen molar-refractivity contribution >= 4 is 23.9 Å². The number of carbonyl (C=O) groups is 4. The Morgan fingerprint density at radius 3 is 2.12 bits per heavy atom. The quantitative estimate of drug-likeness (QED) is 0.433. The summed E-state index contributed by atoms with van der Waals surface area (Å²) < 4.78 is 9.78. The van der Waals surface area contributed by atoms with Gasteiger partial charge in [-0.05, 0) is 30.7 Å². The zero-order valence-electron chi connectivity index (χ0n) is 13.4. The van der Waals surface area contributed by atoms with Crippen LogP contribution in [-0.2, 0) is 19.1 Å². The second-order valence-electron chi connectivity index (χ2n) is 5.22. The zero-order valence-corrected chi connectivity index (χ0v) is 13.4. The molecule has 1 atom stereocenters. The molecule has 9 nitrogen and oxygen atoms in total. The van der Waals surface area contributed by atoms with E-state index >= 15 is 0 Å². The first-order chi connectivity index (χ1) is 11.7. The minimum Gasteiger partial charge on any atom is -0.481 e. The lowest BCUT2D eigenvalue weighted by Crippen LogP contribution is -2.43. The van der Waals surface area contributed by atoms with E-state index in [-0.39, 0.29) is 17.9 Å². The lowest BCUT2D eigenvalue weighted by atomic mass is 9.96. The number of aliphatic hydroxyl groups is 1. The summed E-state index contributed by atoms with van der Waals surface area (Å²) in [5.41, 5.74) is -2.53. The Morgan fingerprint density at radius 2 is 1.64 bits per heavy atom. The Bertz CT molecular complexity index is 650. The van der Waals surface area contributed by atoms with Gasteiger partial charge < -0.3 is 24.8 Å². The summed E-state index contributed by atoms with van der Waals surface area (Å²) in [4.78, 5) is 45.0. The summed E-state index contributed by atoms with van der Waals surface area (Å²) in [7, 11) is 0. The molecule has 1 rings (SSSR count). The lowest BCUT2D eigenvalue weighted by molar-refractivity contribution is -0.169. The number of rotatable bonds is 9. The number of esters is 2. The van der Waals surface area contributed by atoms with Gasteiger partial charge in [0.05, 0.1) is 25.0 Å². The molecule has 0 fully saturated rings. The molecular weight excluding hydrogens is 336 g/mol. The van der Waals surface area contributed by atoms with Crippen molar-refractivity contribution in [1.29, 1.82) is 0 Å². The van der Waals surface area contributed by atoms with Crippen LogP contribution in [0.25, 0.3) is 0 Å². The topological polar surface area (TPSA) is 147 Å². The van der Waals surface area contributed by atoms with Crippen molar-refractivity contribution < 1.29 is 44.0 Å².